The van der Waals surface area contributed by atoms with Crippen molar-refractivity contribution in [2.24, 2.45) is 0 Å². The van der Waals surface area contributed by atoms with E-state index in [2.05, 4.69) is 5.16 Å². The summed E-state index contributed by atoms with van der Waals surface area (Å²) in [5.41, 5.74) is 2.15. The molecule has 0 unspecified atom stereocenters. The molecule has 0 atom stereocenters. The summed E-state index contributed by atoms with van der Waals surface area (Å²) in [5, 5.41) is 22.7. The van der Waals surface area contributed by atoms with Crippen LogP contribution in [0.4, 0.5) is 0 Å². The zero-order valence-corrected chi connectivity index (χ0v) is 15.6. The fourth-order valence-electron chi connectivity index (χ4n) is 3.04. The predicted octanol–water partition coefficient (Wildman–Crippen LogP) is 3.70. The molecule has 1 aromatic carbocycles. The van der Waals surface area contributed by atoms with E-state index in [-0.39, 0.29) is 29.9 Å². The first kappa shape index (κ1) is 19.4. The van der Waals surface area contributed by atoms with E-state index in [1.54, 1.807) is 42.7 Å². The zero-order valence-electron chi connectivity index (χ0n) is 15.6. The molecule has 0 aliphatic heterocycles. The van der Waals surface area contributed by atoms with Crippen LogP contribution in [0.15, 0.2) is 47.2 Å². The van der Waals surface area contributed by atoms with Gasteiger partial charge in [-0.1, -0.05) is 12.1 Å². The minimum Gasteiger partial charge on any atom is -0.508 e. The van der Waals surface area contributed by atoms with Gasteiger partial charge in [0.1, 0.15) is 23.0 Å². The highest BCUT2D eigenvalue weighted by molar-refractivity contribution is 5.92. The number of aromatic carboxylic acids is 1. The van der Waals surface area contributed by atoms with Gasteiger partial charge in [-0.25, -0.2) is 4.79 Å². The summed E-state index contributed by atoms with van der Waals surface area (Å²) in [6.45, 7) is 2.72. The Hall–Kier alpha value is -3.35. The maximum atomic E-state index is 12.3. The number of carboxylic acid groups (broad SMARTS) is 1. The number of aromatic nitrogens is 2. The molecule has 2 N–H and O–H groups in total. The number of phenolic OH excluding ortho intramolecular Hbond substituents is 1. The van der Waals surface area contributed by atoms with Gasteiger partial charge in [0.2, 0.25) is 0 Å². The second-order valence-electron chi connectivity index (χ2n) is 6.68. The van der Waals surface area contributed by atoms with Crippen molar-refractivity contribution in [2.45, 2.75) is 39.2 Å². The van der Waals surface area contributed by atoms with Crippen molar-refractivity contribution >= 4 is 11.8 Å². The number of carbonyl (C=O) groups excluding carboxylic acids is 1. The molecule has 2 heterocycles. The summed E-state index contributed by atoms with van der Waals surface area (Å²) < 4.78 is 7.10. The van der Waals surface area contributed by atoms with E-state index < -0.39 is 5.97 Å². The molecule has 0 spiro atoms. The first-order chi connectivity index (χ1) is 13.5. The van der Waals surface area contributed by atoms with Gasteiger partial charge in [-0.2, -0.15) is 0 Å². The lowest BCUT2D eigenvalue weighted by atomic mass is 10.0. The number of ketones is 1. The quantitative estimate of drug-likeness (QED) is 0.584. The SMILES string of the molecule is CCCn1cc(CC(=O)CCc2cc(-c3ccc(O)cc3)no2)c(C(=O)O)c1. The second-order valence-corrected chi connectivity index (χ2v) is 6.68. The van der Waals surface area contributed by atoms with Gasteiger partial charge in [0.05, 0.1) is 5.56 Å². The number of hydrogen-bond donors (Lipinski definition) is 2. The lowest BCUT2D eigenvalue weighted by molar-refractivity contribution is -0.118. The number of carboxylic acids is 1. The third-order valence-electron chi connectivity index (χ3n) is 4.43. The van der Waals surface area contributed by atoms with Gasteiger partial charge in [-0.05, 0) is 36.2 Å². The van der Waals surface area contributed by atoms with E-state index in [4.69, 9.17) is 4.52 Å². The maximum absolute atomic E-state index is 12.3. The highest BCUT2D eigenvalue weighted by Crippen LogP contribution is 2.22. The number of aryl methyl sites for hydroxylation is 2. The van der Waals surface area contributed by atoms with Crippen LogP contribution in [0.2, 0.25) is 0 Å². The zero-order chi connectivity index (χ0) is 20.1. The van der Waals surface area contributed by atoms with Crippen LogP contribution in [-0.4, -0.2) is 31.7 Å². The molecule has 0 aliphatic carbocycles. The number of phenols is 1. The molecule has 3 rings (SSSR count). The number of Topliss-reactive ketones (excluding diaryl/α,β-unsaturated/α-hetero) is 1. The number of benzene rings is 1. The Morgan fingerprint density at radius 3 is 2.61 bits per heavy atom. The lowest BCUT2D eigenvalue weighted by Gasteiger charge is -2.00. The molecule has 7 heteroatoms. The predicted molar refractivity (Wildman–Crippen MR) is 102 cm³/mol. The molecule has 0 bridgehead atoms. The normalized spacial score (nSPS) is 10.9. The van der Waals surface area contributed by atoms with E-state index in [9.17, 15) is 19.8 Å². The Labute approximate surface area is 162 Å². The first-order valence-electron chi connectivity index (χ1n) is 9.15. The van der Waals surface area contributed by atoms with Gasteiger partial charge in [0.15, 0.2) is 0 Å². The van der Waals surface area contributed by atoms with Crippen molar-refractivity contribution < 1.29 is 24.3 Å². The van der Waals surface area contributed by atoms with Gasteiger partial charge in [-0.15, -0.1) is 0 Å². The van der Waals surface area contributed by atoms with Crippen LogP contribution in [0.25, 0.3) is 11.3 Å². The van der Waals surface area contributed by atoms with Crippen molar-refractivity contribution in [1.29, 1.82) is 0 Å². The number of carbonyl (C=O) groups is 2. The lowest BCUT2D eigenvalue weighted by Crippen LogP contribution is -2.07. The average molecular weight is 382 g/mol. The minimum absolute atomic E-state index is 0.0562. The van der Waals surface area contributed by atoms with E-state index in [0.29, 0.717) is 30.0 Å². The summed E-state index contributed by atoms with van der Waals surface area (Å²) in [7, 11) is 0. The standard InChI is InChI=1S/C21H22N2O5/c1-2-9-23-12-15(19(13-23)21(26)27)10-17(25)7-8-18-11-20(22-28-18)14-3-5-16(24)6-4-14/h3-6,11-13,24H,2,7-10H2,1H3,(H,26,27). The molecule has 0 aliphatic rings. The van der Waals surface area contributed by atoms with E-state index >= 15 is 0 Å². The average Bonchev–Trinajstić information content (AvgIpc) is 3.28. The van der Waals surface area contributed by atoms with Gasteiger partial charge in [0.25, 0.3) is 0 Å². The Bertz CT molecular complexity index is 969. The molecule has 2 aromatic heterocycles. The molecule has 28 heavy (non-hydrogen) atoms. The highest BCUT2D eigenvalue weighted by atomic mass is 16.5. The van der Waals surface area contributed by atoms with Crippen LogP contribution in [0.3, 0.4) is 0 Å². The summed E-state index contributed by atoms with van der Waals surface area (Å²) >= 11 is 0. The summed E-state index contributed by atoms with van der Waals surface area (Å²) in [6.07, 6.45) is 4.91. The first-order valence-corrected chi connectivity index (χ1v) is 9.15. The second kappa shape index (κ2) is 8.56. The van der Waals surface area contributed by atoms with Gasteiger partial charge < -0.3 is 19.3 Å². The van der Waals surface area contributed by atoms with E-state index in [0.717, 1.165) is 12.0 Å². The fraction of sp³-hybridized carbons (Fsp3) is 0.286. The Morgan fingerprint density at radius 1 is 1.18 bits per heavy atom. The molecule has 7 nitrogen and oxygen atoms in total. The molecule has 0 fully saturated rings. The minimum atomic E-state index is -1.02. The monoisotopic (exact) mass is 382 g/mol. The molecular weight excluding hydrogens is 360 g/mol. The molecule has 0 amide bonds. The Morgan fingerprint density at radius 2 is 1.93 bits per heavy atom. The van der Waals surface area contributed by atoms with Crippen LogP contribution in [0.5, 0.6) is 5.75 Å². The molecule has 3 aromatic rings. The third-order valence-corrected chi connectivity index (χ3v) is 4.43. The molecule has 0 saturated carbocycles. The number of aromatic hydroxyl groups is 1. The van der Waals surface area contributed by atoms with Crippen LogP contribution in [0.1, 0.15) is 41.4 Å². The van der Waals surface area contributed by atoms with Crippen molar-refractivity contribution in [3.8, 4) is 17.0 Å². The van der Waals surface area contributed by atoms with Crippen LogP contribution in [-0.2, 0) is 24.2 Å². The third kappa shape index (κ3) is 4.68. The fourth-order valence-corrected chi connectivity index (χ4v) is 3.04. The van der Waals surface area contributed by atoms with Crippen LogP contribution < -0.4 is 0 Å². The van der Waals surface area contributed by atoms with Crippen molar-refractivity contribution in [3.05, 3.63) is 59.6 Å². The van der Waals surface area contributed by atoms with Gasteiger partial charge >= 0.3 is 5.97 Å². The summed E-state index contributed by atoms with van der Waals surface area (Å²) in [4.78, 5) is 23.7. The summed E-state index contributed by atoms with van der Waals surface area (Å²) in [6, 6.07) is 8.36. The van der Waals surface area contributed by atoms with Crippen molar-refractivity contribution in [1.82, 2.24) is 9.72 Å². The number of hydrogen-bond acceptors (Lipinski definition) is 5. The molecular formula is C21H22N2O5. The molecule has 146 valence electrons. The van der Waals surface area contributed by atoms with Gasteiger partial charge in [0, 0.05) is 49.8 Å². The van der Waals surface area contributed by atoms with E-state index in [1.165, 1.54) is 0 Å². The number of rotatable bonds is 9. The Balaban J connectivity index is 1.60. The number of nitrogens with zero attached hydrogens (tertiary/aromatic N) is 2. The summed E-state index contributed by atoms with van der Waals surface area (Å²) in [5.74, 6) is -0.323. The topological polar surface area (TPSA) is 106 Å². The van der Waals surface area contributed by atoms with Crippen molar-refractivity contribution in [2.75, 3.05) is 0 Å². The molecule has 0 radical (unpaired) electrons. The van der Waals surface area contributed by atoms with E-state index in [1.807, 2.05) is 11.5 Å². The molecule has 0 saturated heterocycles. The van der Waals surface area contributed by atoms with Gasteiger partial charge in [-0.3, -0.25) is 4.79 Å². The van der Waals surface area contributed by atoms with Crippen molar-refractivity contribution in [3.63, 3.8) is 0 Å². The maximum Gasteiger partial charge on any atom is 0.337 e. The Kier molecular flexibility index (Phi) is 5.93. The largest absolute Gasteiger partial charge is 0.508 e. The van der Waals surface area contributed by atoms with Crippen LogP contribution >= 0.6 is 0 Å². The smallest absolute Gasteiger partial charge is 0.337 e. The van der Waals surface area contributed by atoms with Crippen LogP contribution in [0, 0.1) is 0 Å². The highest BCUT2D eigenvalue weighted by Gasteiger charge is 2.17.